The number of aryl methyl sites for hydroxylation is 1. The molecule has 0 aromatic carbocycles. The first kappa shape index (κ1) is 15.3. The number of nitrogens with zero attached hydrogens (tertiary/aromatic N) is 2. The maximum absolute atomic E-state index is 5.85. The van der Waals surface area contributed by atoms with E-state index in [1.807, 2.05) is 13.0 Å². The van der Waals surface area contributed by atoms with E-state index in [9.17, 15) is 0 Å². The molecule has 0 aliphatic carbocycles. The summed E-state index contributed by atoms with van der Waals surface area (Å²) in [5.41, 5.74) is 2.26. The molecule has 1 aromatic rings. The number of rotatable bonds is 7. The van der Waals surface area contributed by atoms with E-state index in [1.165, 1.54) is 24.9 Å². The largest absolute Gasteiger partial charge is 0.478 e. The first-order valence-electron chi connectivity index (χ1n) is 7.70. The van der Waals surface area contributed by atoms with Gasteiger partial charge in [-0.15, -0.1) is 0 Å². The van der Waals surface area contributed by atoms with Crippen LogP contribution in [0.5, 0.6) is 5.88 Å². The summed E-state index contributed by atoms with van der Waals surface area (Å²) in [5, 5.41) is 3.34. The fourth-order valence-corrected chi connectivity index (χ4v) is 2.80. The molecule has 1 aromatic heterocycles. The van der Waals surface area contributed by atoms with Gasteiger partial charge in [0.2, 0.25) is 5.88 Å². The lowest BCUT2D eigenvalue weighted by atomic mass is 10.1. The number of hydrogen-bond donors (Lipinski definition) is 1. The van der Waals surface area contributed by atoms with Crippen molar-refractivity contribution in [3.05, 3.63) is 23.4 Å². The van der Waals surface area contributed by atoms with Crippen molar-refractivity contribution < 1.29 is 4.74 Å². The van der Waals surface area contributed by atoms with Crippen LogP contribution in [0.4, 0.5) is 0 Å². The predicted molar refractivity (Wildman–Crippen MR) is 82.1 cm³/mol. The second-order valence-electron chi connectivity index (χ2n) is 5.65. The number of ether oxygens (including phenoxy) is 1. The summed E-state index contributed by atoms with van der Waals surface area (Å²) in [6.07, 6.45) is 3.71. The van der Waals surface area contributed by atoms with Crippen molar-refractivity contribution >= 4 is 0 Å². The van der Waals surface area contributed by atoms with Crippen LogP contribution in [0.25, 0.3) is 0 Å². The number of hydrogen-bond acceptors (Lipinski definition) is 4. The van der Waals surface area contributed by atoms with Gasteiger partial charge in [-0.2, -0.15) is 0 Å². The van der Waals surface area contributed by atoms with Crippen LogP contribution in [0.15, 0.2) is 12.1 Å². The zero-order chi connectivity index (χ0) is 14.4. The van der Waals surface area contributed by atoms with Gasteiger partial charge in [-0.25, -0.2) is 4.98 Å². The Balaban J connectivity index is 1.83. The summed E-state index contributed by atoms with van der Waals surface area (Å²) in [5.74, 6) is 0.763. The lowest BCUT2D eigenvalue weighted by Gasteiger charge is -2.19. The molecule has 112 valence electrons. The minimum atomic E-state index is 0.682. The lowest BCUT2D eigenvalue weighted by molar-refractivity contribution is 0.228. The second kappa shape index (κ2) is 7.60. The van der Waals surface area contributed by atoms with Gasteiger partial charge in [0.25, 0.3) is 0 Å². The van der Waals surface area contributed by atoms with Crippen molar-refractivity contribution in [2.75, 3.05) is 26.7 Å². The minimum Gasteiger partial charge on any atom is -0.478 e. The number of nitrogens with one attached hydrogen (secondary N) is 1. The van der Waals surface area contributed by atoms with Gasteiger partial charge in [0.15, 0.2) is 0 Å². The molecular weight excluding hydrogens is 250 g/mol. The second-order valence-corrected chi connectivity index (χ2v) is 5.65. The Morgan fingerprint density at radius 1 is 1.45 bits per heavy atom. The summed E-state index contributed by atoms with van der Waals surface area (Å²) < 4.78 is 5.85. The van der Waals surface area contributed by atoms with Crippen molar-refractivity contribution in [2.24, 2.45) is 0 Å². The number of pyridine rings is 1. The van der Waals surface area contributed by atoms with Gasteiger partial charge >= 0.3 is 0 Å². The topological polar surface area (TPSA) is 37.4 Å². The highest BCUT2D eigenvalue weighted by molar-refractivity contribution is 5.24. The molecule has 1 N–H and O–H groups in total. The molecule has 0 bridgehead atoms. The van der Waals surface area contributed by atoms with Gasteiger partial charge in [-0.1, -0.05) is 6.92 Å². The molecule has 4 nitrogen and oxygen atoms in total. The molecule has 0 spiro atoms. The number of aromatic nitrogens is 1. The van der Waals surface area contributed by atoms with Crippen LogP contribution in [0.1, 0.15) is 37.4 Å². The molecule has 0 saturated carbocycles. The average Bonchev–Trinajstić information content (AvgIpc) is 2.82. The van der Waals surface area contributed by atoms with Crippen molar-refractivity contribution in [2.45, 2.75) is 45.7 Å². The van der Waals surface area contributed by atoms with Crippen molar-refractivity contribution in [1.82, 2.24) is 15.2 Å². The van der Waals surface area contributed by atoms with Gasteiger partial charge in [-0.3, -0.25) is 0 Å². The van der Waals surface area contributed by atoms with Gasteiger partial charge in [-0.05, 0) is 58.0 Å². The van der Waals surface area contributed by atoms with Crippen LogP contribution >= 0.6 is 0 Å². The summed E-state index contributed by atoms with van der Waals surface area (Å²) >= 11 is 0. The van der Waals surface area contributed by atoms with Crippen LogP contribution in [0.2, 0.25) is 0 Å². The summed E-state index contributed by atoms with van der Waals surface area (Å²) in [6.45, 7) is 7.97. The SMILES string of the molecule is CCNCc1cc(C)nc(OCCC2CCCN2C)c1. The predicted octanol–water partition coefficient (Wildman–Crippen LogP) is 2.36. The minimum absolute atomic E-state index is 0.682. The molecule has 2 heterocycles. The van der Waals surface area contributed by atoms with E-state index in [0.717, 1.165) is 37.7 Å². The molecule has 1 saturated heterocycles. The van der Waals surface area contributed by atoms with Crippen LogP contribution < -0.4 is 10.1 Å². The first-order chi connectivity index (χ1) is 9.69. The van der Waals surface area contributed by atoms with Crippen LogP contribution in [-0.4, -0.2) is 42.7 Å². The van der Waals surface area contributed by atoms with E-state index in [4.69, 9.17) is 4.74 Å². The molecule has 2 rings (SSSR count). The monoisotopic (exact) mass is 277 g/mol. The maximum atomic E-state index is 5.85. The first-order valence-corrected chi connectivity index (χ1v) is 7.70. The third kappa shape index (κ3) is 4.46. The van der Waals surface area contributed by atoms with Crippen molar-refractivity contribution in [3.8, 4) is 5.88 Å². The molecular formula is C16H27N3O. The molecule has 1 aliphatic heterocycles. The van der Waals surface area contributed by atoms with E-state index in [2.05, 4.69) is 35.2 Å². The van der Waals surface area contributed by atoms with Gasteiger partial charge < -0.3 is 15.0 Å². The Kier molecular flexibility index (Phi) is 5.80. The standard InChI is InChI=1S/C16H27N3O/c1-4-17-12-14-10-13(2)18-16(11-14)20-9-7-15-6-5-8-19(15)3/h10-11,15,17H,4-9,12H2,1-3H3. The molecule has 1 atom stereocenters. The molecule has 0 radical (unpaired) electrons. The third-order valence-electron chi connectivity index (χ3n) is 3.94. The lowest BCUT2D eigenvalue weighted by Crippen LogP contribution is -2.26. The Hall–Kier alpha value is -1.13. The molecule has 1 fully saturated rings. The Bertz CT molecular complexity index is 422. The van der Waals surface area contributed by atoms with Gasteiger partial charge in [0, 0.05) is 24.3 Å². The van der Waals surface area contributed by atoms with E-state index in [-0.39, 0.29) is 0 Å². The third-order valence-corrected chi connectivity index (χ3v) is 3.94. The van der Waals surface area contributed by atoms with E-state index >= 15 is 0 Å². The summed E-state index contributed by atoms with van der Waals surface area (Å²) in [6, 6.07) is 4.84. The highest BCUT2D eigenvalue weighted by Gasteiger charge is 2.20. The van der Waals surface area contributed by atoms with Crippen LogP contribution in [0.3, 0.4) is 0 Å². The van der Waals surface area contributed by atoms with E-state index in [0.29, 0.717) is 6.04 Å². The van der Waals surface area contributed by atoms with Gasteiger partial charge in [0.1, 0.15) is 0 Å². The summed E-state index contributed by atoms with van der Waals surface area (Å²) in [7, 11) is 2.21. The molecule has 1 aliphatic rings. The maximum Gasteiger partial charge on any atom is 0.213 e. The van der Waals surface area contributed by atoms with Gasteiger partial charge in [0.05, 0.1) is 6.61 Å². The highest BCUT2D eigenvalue weighted by atomic mass is 16.5. The van der Waals surface area contributed by atoms with Crippen LogP contribution in [0, 0.1) is 6.92 Å². The fourth-order valence-electron chi connectivity index (χ4n) is 2.80. The number of likely N-dealkylation sites (tertiary alicyclic amines) is 1. The van der Waals surface area contributed by atoms with Crippen molar-refractivity contribution in [1.29, 1.82) is 0 Å². The quantitative estimate of drug-likeness (QED) is 0.830. The zero-order valence-corrected chi connectivity index (χ0v) is 13.0. The molecule has 1 unspecified atom stereocenters. The van der Waals surface area contributed by atoms with Crippen molar-refractivity contribution in [3.63, 3.8) is 0 Å². The molecule has 20 heavy (non-hydrogen) atoms. The smallest absolute Gasteiger partial charge is 0.213 e. The average molecular weight is 277 g/mol. The van der Waals surface area contributed by atoms with E-state index < -0.39 is 0 Å². The fraction of sp³-hybridized carbons (Fsp3) is 0.688. The highest BCUT2D eigenvalue weighted by Crippen LogP contribution is 2.18. The Labute approximate surface area is 122 Å². The zero-order valence-electron chi connectivity index (χ0n) is 13.0. The van der Waals surface area contributed by atoms with Crippen LogP contribution in [-0.2, 0) is 6.54 Å². The molecule has 4 heteroatoms. The Morgan fingerprint density at radius 2 is 2.30 bits per heavy atom. The summed E-state index contributed by atoms with van der Waals surface area (Å²) in [4.78, 5) is 6.90. The Morgan fingerprint density at radius 3 is 3.00 bits per heavy atom. The van der Waals surface area contributed by atoms with E-state index in [1.54, 1.807) is 0 Å². The molecule has 0 amide bonds. The normalized spacial score (nSPS) is 19.4.